The number of aryl methyl sites for hydroxylation is 1. The Labute approximate surface area is 220 Å². The fraction of sp³-hybridized carbons (Fsp3) is 0.594. The molecule has 2 aromatic carbocycles. The lowest BCUT2D eigenvalue weighted by Crippen LogP contribution is -2.41. The Balaban J connectivity index is 1.81. The number of carbonyl (C=O) groups excluding carboxylic acids is 1. The van der Waals surface area contributed by atoms with E-state index in [2.05, 4.69) is 57.4 Å². The fourth-order valence-electron chi connectivity index (χ4n) is 4.49. The molecule has 0 fully saturated rings. The van der Waals surface area contributed by atoms with Gasteiger partial charge in [-0.05, 0) is 24.5 Å². The van der Waals surface area contributed by atoms with Crippen molar-refractivity contribution in [1.82, 2.24) is 0 Å². The maximum absolute atomic E-state index is 12.9. The molecule has 4 heteroatoms. The molecule has 200 valence electrons. The number of carbonyl (C=O) groups is 1. The van der Waals surface area contributed by atoms with Crippen LogP contribution in [0.2, 0.25) is 0 Å². The summed E-state index contributed by atoms with van der Waals surface area (Å²) in [6.45, 7) is 8.07. The molecule has 36 heavy (non-hydrogen) atoms. The van der Waals surface area contributed by atoms with E-state index in [1.54, 1.807) is 0 Å². The molecule has 0 spiro atoms. The molecule has 0 saturated heterocycles. The Morgan fingerprint density at radius 1 is 0.861 bits per heavy atom. The molecule has 0 amide bonds. The first-order valence-corrected chi connectivity index (χ1v) is 14.2. The smallest absolute Gasteiger partial charge is 0.311 e. The summed E-state index contributed by atoms with van der Waals surface area (Å²) in [5.41, 5.74) is 2.51. The third-order valence-electron chi connectivity index (χ3n) is 6.88. The highest BCUT2D eigenvalue weighted by atomic mass is 16.7. The van der Waals surface area contributed by atoms with Crippen molar-refractivity contribution in [2.24, 2.45) is 5.92 Å². The van der Waals surface area contributed by atoms with Crippen molar-refractivity contribution in [3.63, 3.8) is 0 Å². The molecule has 2 rings (SSSR count). The van der Waals surface area contributed by atoms with E-state index in [4.69, 9.17) is 9.47 Å². The van der Waals surface area contributed by atoms with Crippen LogP contribution in [0, 0.1) is 5.92 Å². The Morgan fingerprint density at radius 2 is 1.50 bits per heavy atom. The molecule has 0 aromatic heterocycles. The molecule has 0 heterocycles. The maximum atomic E-state index is 12.9. The summed E-state index contributed by atoms with van der Waals surface area (Å²) in [7, 11) is 4.43. The summed E-state index contributed by atoms with van der Waals surface area (Å²) >= 11 is 0. The van der Waals surface area contributed by atoms with E-state index < -0.39 is 6.29 Å². The standard InChI is InChI=1S/C32H50NO3/c1-6-8-9-10-11-12-16-21-29-22-17-18-23-30(29)35-31(7-2)36-32(34)27(3)24-25-33(4,5)26-28-19-14-13-15-20-28/h13-15,17-20,22-23,27,31H,6-12,16,21,24-26H2,1-5H3/q+1. The van der Waals surface area contributed by atoms with Crippen LogP contribution >= 0.6 is 0 Å². The predicted octanol–water partition coefficient (Wildman–Crippen LogP) is 7.94. The molecule has 2 atom stereocenters. The molecule has 2 aromatic rings. The van der Waals surface area contributed by atoms with Gasteiger partial charge >= 0.3 is 5.97 Å². The number of quaternary nitrogens is 1. The monoisotopic (exact) mass is 496 g/mol. The lowest BCUT2D eigenvalue weighted by molar-refractivity contribution is -0.904. The van der Waals surface area contributed by atoms with Crippen molar-refractivity contribution < 1.29 is 18.8 Å². The van der Waals surface area contributed by atoms with Crippen molar-refractivity contribution in [1.29, 1.82) is 0 Å². The number of rotatable bonds is 18. The van der Waals surface area contributed by atoms with Crippen LogP contribution < -0.4 is 4.74 Å². The van der Waals surface area contributed by atoms with Crippen molar-refractivity contribution in [2.75, 3.05) is 20.6 Å². The number of para-hydroxylation sites is 1. The largest absolute Gasteiger partial charge is 0.455 e. The highest BCUT2D eigenvalue weighted by Gasteiger charge is 2.24. The zero-order chi connectivity index (χ0) is 26.2. The van der Waals surface area contributed by atoms with E-state index in [-0.39, 0.29) is 11.9 Å². The van der Waals surface area contributed by atoms with Gasteiger partial charge in [0.15, 0.2) is 0 Å². The third-order valence-corrected chi connectivity index (χ3v) is 6.88. The average molecular weight is 497 g/mol. The van der Waals surface area contributed by atoms with Crippen LogP contribution in [0.5, 0.6) is 5.75 Å². The van der Waals surface area contributed by atoms with Crippen LogP contribution in [0.15, 0.2) is 54.6 Å². The molecule has 0 bridgehead atoms. The Kier molecular flexibility index (Phi) is 13.6. The first-order chi connectivity index (χ1) is 17.3. The van der Waals surface area contributed by atoms with Gasteiger partial charge in [0.1, 0.15) is 12.3 Å². The number of ether oxygens (including phenoxy) is 2. The molecule has 0 aliphatic rings. The number of unbranched alkanes of at least 4 members (excludes halogenated alkanes) is 6. The van der Waals surface area contributed by atoms with Gasteiger partial charge in [0.05, 0.1) is 26.6 Å². The Bertz CT molecular complexity index is 865. The van der Waals surface area contributed by atoms with Crippen molar-refractivity contribution in [3.8, 4) is 5.75 Å². The zero-order valence-electron chi connectivity index (χ0n) is 23.5. The van der Waals surface area contributed by atoms with Gasteiger partial charge in [-0.25, -0.2) is 0 Å². The lowest BCUT2D eigenvalue weighted by atomic mass is 10.0. The van der Waals surface area contributed by atoms with Gasteiger partial charge in [0.25, 0.3) is 0 Å². The van der Waals surface area contributed by atoms with Crippen LogP contribution in [0.3, 0.4) is 0 Å². The summed E-state index contributed by atoms with van der Waals surface area (Å²) in [5.74, 6) is 0.501. The van der Waals surface area contributed by atoms with Gasteiger partial charge < -0.3 is 14.0 Å². The summed E-state index contributed by atoms with van der Waals surface area (Å²) in [6.07, 6.45) is 10.9. The second kappa shape index (κ2) is 16.4. The normalized spacial score (nSPS) is 13.2. The minimum atomic E-state index is -0.554. The highest BCUT2D eigenvalue weighted by molar-refractivity contribution is 5.72. The Morgan fingerprint density at radius 3 is 2.19 bits per heavy atom. The van der Waals surface area contributed by atoms with Crippen molar-refractivity contribution >= 4 is 5.97 Å². The molecule has 0 aliphatic carbocycles. The van der Waals surface area contributed by atoms with E-state index in [1.807, 2.05) is 32.0 Å². The molecule has 0 saturated carbocycles. The number of hydrogen-bond donors (Lipinski definition) is 0. The number of nitrogens with zero attached hydrogens (tertiary/aromatic N) is 1. The summed E-state index contributed by atoms with van der Waals surface area (Å²) < 4.78 is 12.9. The SMILES string of the molecule is CCCCCCCCCc1ccccc1OC(CC)OC(=O)C(C)CC[N+](C)(C)Cc1ccccc1. The molecule has 0 radical (unpaired) electrons. The number of benzene rings is 2. The van der Waals surface area contributed by atoms with E-state index in [9.17, 15) is 4.79 Å². The second-order valence-electron chi connectivity index (χ2n) is 10.9. The first-order valence-electron chi connectivity index (χ1n) is 14.2. The first kappa shape index (κ1) is 29.9. The highest BCUT2D eigenvalue weighted by Crippen LogP contribution is 2.24. The second-order valence-corrected chi connectivity index (χ2v) is 10.9. The number of esters is 1. The average Bonchev–Trinajstić information content (AvgIpc) is 2.87. The van der Waals surface area contributed by atoms with Gasteiger partial charge in [0.2, 0.25) is 6.29 Å². The maximum Gasteiger partial charge on any atom is 0.311 e. The topological polar surface area (TPSA) is 35.5 Å². The van der Waals surface area contributed by atoms with Crippen LogP contribution in [-0.4, -0.2) is 37.4 Å². The van der Waals surface area contributed by atoms with Crippen LogP contribution in [0.25, 0.3) is 0 Å². The molecule has 0 aliphatic heterocycles. The lowest BCUT2D eigenvalue weighted by Gasteiger charge is -2.31. The van der Waals surface area contributed by atoms with Crippen LogP contribution in [0.4, 0.5) is 0 Å². The van der Waals surface area contributed by atoms with Crippen molar-refractivity contribution in [2.45, 2.75) is 97.8 Å². The van der Waals surface area contributed by atoms with Gasteiger partial charge in [-0.1, -0.05) is 108 Å². The van der Waals surface area contributed by atoms with Crippen molar-refractivity contribution in [3.05, 3.63) is 65.7 Å². The van der Waals surface area contributed by atoms with Gasteiger partial charge in [-0.15, -0.1) is 0 Å². The molecule has 0 N–H and O–H groups in total. The minimum absolute atomic E-state index is 0.168. The fourth-order valence-corrected chi connectivity index (χ4v) is 4.49. The molecule has 2 unspecified atom stereocenters. The van der Waals surface area contributed by atoms with E-state index in [0.29, 0.717) is 6.42 Å². The van der Waals surface area contributed by atoms with E-state index in [0.717, 1.165) is 42.6 Å². The molecule has 4 nitrogen and oxygen atoms in total. The third kappa shape index (κ3) is 11.6. The Hall–Kier alpha value is -2.33. The van der Waals surface area contributed by atoms with Crippen LogP contribution in [0.1, 0.15) is 89.7 Å². The zero-order valence-corrected chi connectivity index (χ0v) is 23.5. The summed E-state index contributed by atoms with van der Waals surface area (Å²) in [6, 6.07) is 18.7. The van der Waals surface area contributed by atoms with E-state index >= 15 is 0 Å². The van der Waals surface area contributed by atoms with Crippen LogP contribution in [-0.2, 0) is 22.5 Å². The number of hydrogen-bond acceptors (Lipinski definition) is 3. The predicted molar refractivity (Wildman–Crippen MR) is 150 cm³/mol. The van der Waals surface area contributed by atoms with Gasteiger partial charge in [-0.3, -0.25) is 4.79 Å². The molecular formula is C32H50NO3+. The summed E-state index contributed by atoms with van der Waals surface area (Å²) in [5, 5.41) is 0. The van der Waals surface area contributed by atoms with E-state index in [1.165, 1.54) is 49.7 Å². The van der Waals surface area contributed by atoms with Gasteiger partial charge in [0, 0.05) is 18.4 Å². The quantitative estimate of drug-likeness (QED) is 0.0909. The summed E-state index contributed by atoms with van der Waals surface area (Å²) in [4.78, 5) is 12.9. The van der Waals surface area contributed by atoms with Gasteiger partial charge in [-0.2, -0.15) is 0 Å². The molecular weight excluding hydrogens is 446 g/mol. The minimum Gasteiger partial charge on any atom is -0.455 e.